The van der Waals surface area contributed by atoms with Crippen molar-refractivity contribution in [2.24, 2.45) is 11.8 Å². The van der Waals surface area contributed by atoms with Crippen molar-refractivity contribution in [3.8, 4) is 0 Å². The van der Waals surface area contributed by atoms with Gasteiger partial charge in [0.25, 0.3) is 0 Å². The number of rotatable bonds is 18. The summed E-state index contributed by atoms with van der Waals surface area (Å²) in [6.45, 7) is 11.9. The minimum Gasteiger partial charge on any atom is -0.463 e. The largest absolute Gasteiger partial charge is 0.463 e. The van der Waals surface area contributed by atoms with E-state index in [0.717, 1.165) is 18.7 Å². The predicted octanol–water partition coefficient (Wildman–Crippen LogP) is 2.22. The van der Waals surface area contributed by atoms with E-state index in [1.54, 1.807) is 22.0 Å². The molecule has 4 fully saturated rings. The van der Waals surface area contributed by atoms with Crippen LogP contribution in [0.2, 0.25) is 0 Å². The Kier molecular flexibility index (Phi) is 13.1. The molecule has 2 bridgehead atoms. The number of esters is 1. The van der Waals surface area contributed by atoms with Gasteiger partial charge in [-0.3, -0.25) is 24.1 Å². The molecule has 268 valence electrons. The van der Waals surface area contributed by atoms with Gasteiger partial charge in [0.1, 0.15) is 18.2 Å². The third-order valence-corrected chi connectivity index (χ3v) is 10.9. The fourth-order valence-corrected chi connectivity index (χ4v) is 8.64. The van der Waals surface area contributed by atoms with E-state index in [-0.39, 0.29) is 42.8 Å². The van der Waals surface area contributed by atoms with Crippen LogP contribution in [0.3, 0.4) is 0 Å². The zero-order valence-electron chi connectivity index (χ0n) is 28.1. The van der Waals surface area contributed by atoms with Crippen molar-refractivity contribution in [1.29, 1.82) is 0 Å². The van der Waals surface area contributed by atoms with Crippen LogP contribution in [-0.2, 0) is 33.4 Å². The molecule has 1 spiro atoms. The number of likely N-dealkylation sites (tertiary alicyclic amines) is 1. The molecule has 5 rings (SSSR count). The van der Waals surface area contributed by atoms with Crippen molar-refractivity contribution >= 4 is 39.6 Å². The van der Waals surface area contributed by atoms with Gasteiger partial charge in [0, 0.05) is 57.1 Å². The van der Waals surface area contributed by atoms with Crippen molar-refractivity contribution in [1.82, 2.24) is 20.0 Å². The Balaban J connectivity index is 1.41. The molecule has 0 radical (unpaired) electrons. The molecule has 4 heterocycles. The van der Waals surface area contributed by atoms with Crippen molar-refractivity contribution in [3.05, 3.63) is 61.2 Å². The fraction of sp³-hybridized carbons (Fsp3) is 0.611. The number of nitrogens with one attached hydrogen (secondary N) is 1. The molecule has 0 aliphatic carbocycles. The number of morpholine rings is 1. The van der Waals surface area contributed by atoms with Gasteiger partial charge < -0.3 is 34.4 Å². The molecule has 12 nitrogen and oxygen atoms in total. The Morgan fingerprint density at radius 2 is 1.90 bits per heavy atom. The Labute approximate surface area is 296 Å². The molecule has 1 aromatic carbocycles. The summed E-state index contributed by atoms with van der Waals surface area (Å²) < 4.78 is 17.7. The number of aliphatic hydroxyl groups excluding tert-OH is 1. The summed E-state index contributed by atoms with van der Waals surface area (Å²) in [6, 6.07) is 7.63. The predicted molar refractivity (Wildman–Crippen MR) is 185 cm³/mol. The SMILES string of the molecule is C=CCCC(=O)OC[C@H](NC(=O)[C@@H]1[C@H]2O[C@@]3(CC2Br)[C@H](C(=O)N(CC=C)CCN2CCOCC2)N(CCCCO)C(=O)[C@@H]13)c1ccccc1. The maximum absolute atomic E-state index is 14.6. The van der Waals surface area contributed by atoms with Gasteiger partial charge in [0.05, 0.1) is 37.2 Å². The van der Waals surface area contributed by atoms with E-state index in [0.29, 0.717) is 58.5 Å². The second-order valence-corrected chi connectivity index (χ2v) is 14.3. The highest BCUT2D eigenvalue weighted by atomic mass is 79.9. The molecule has 4 saturated heterocycles. The number of alkyl halides is 1. The number of hydrogen-bond acceptors (Lipinski definition) is 9. The van der Waals surface area contributed by atoms with Crippen molar-refractivity contribution in [3.63, 3.8) is 0 Å². The van der Waals surface area contributed by atoms with E-state index in [1.807, 2.05) is 30.3 Å². The van der Waals surface area contributed by atoms with E-state index in [1.165, 1.54) is 0 Å². The highest BCUT2D eigenvalue weighted by Crippen LogP contribution is 2.60. The zero-order chi connectivity index (χ0) is 35.0. The first kappa shape index (κ1) is 37.2. The smallest absolute Gasteiger partial charge is 0.306 e. The van der Waals surface area contributed by atoms with Crippen LogP contribution in [0, 0.1) is 11.8 Å². The first-order chi connectivity index (χ1) is 23.7. The van der Waals surface area contributed by atoms with E-state index >= 15 is 0 Å². The minimum atomic E-state index is -1.22. The number of ether oxygens (including phenoxy) is 3. The Bertz CT molecular complexity index is 1340. The number of amides is 3. The molecule has 7 atom stereocenters. The van der Waals surface area contributed by atoms with Gasteiger partial charge in [-0.1, -0.05) is 58.4 Å². The summed E-state index contributed by atoms with van der Waals surface area (Å²) in [4.78, 5) is 61.1. The van der Waals surface area contributed by atoms with Gasteiger partial charge in [0.15, 0.2) is 0 Å². The lowest BCUT2D eigenvalue weighted by Crippen LogP contribution is -2.58. The van der Waals surface area contributed by atoms with Crippen molar-refractivity contribution in [2.75, 3.05) is 65.7 Å². The summed E-state index contributed by atoms with van der Waals surface area (Å²) in [6.07, 6.45) is 4.69. The molecule has 1 unspecified atom stereocenters. The first-order valence-electron chi connectivity index (χ1n) is 17.3. The van der Waals surface area contributed by atoms with E-state index in [4.69, 9.17) is 14.2 Å². The number of carbonyl (C=O) groups is 4. The lowest BCUT2D eigenvalue weighted by Gasteiger charge is -2.38. The molecule has 13 heteroatoms. The molecule has 0 saturated carbocycles. The van der Waals surface area contributed by atoms with Gasteiger partial charge in [-0.05, 0) is 31.2 Å². The third kappa shape index (κ3) is 8.12. The van der Waals surface area contributed by atoms with Gasteiger partial charge in [-0.25, -0.2) is 0 Å². The zero-order valence-corrected chi connectivity index (χ0v) is 29.6. The number of halogens is 1. The van der Waals surface area contributed by atoms with Gasteiger partial charge >= 0.3 is 5.97 Å². The van der Waals surface area contributed by atoms with E-state index in [9.17, 15) is 24.3 Å². The van der Waals surface area contributed by atoms with Crippen LogP contribution < -0.4 is 5.32 Å². The van der Waals surface area contributed by atoms with Gasteiger partial charge in [-0.2, -0.15) is 0 Å². The van der Waals surface area contributed by atoms with Crippen LogP contribution in [0.5, 0.6) is 0 Å². The molecule has 1 aromatic rings. The molecule has 0 aromatic heterocycles. The monoisotopic (exact) mass is 744 g/mol. The number of aliphatic hydroxyl groups is 1. The Morgan fingerprint density at radius 1 is 1.14 bits per heavy atom. The molecule has 4 aliphatic heterocycles. The Morgan fingerprint density at radius 3 is 2.59 bits per heavy atom. The number of benzene rings is 1. The van der Waals surface area contributed by atoms with Crippen LogP contribution in [0.1, 0.15) is 43.7 Å². The highest BCUT2D eigenvalue weighted by Gasteiger charge is 2.76. The summed E-state index contributed by atoms with van der Waals surface area (Å²) in [5, 5.41) is 12.6. The molecule has 2 N–H and O–H groups in total. The normalized spacial score (nSPS) is 28.2. The first-order valence-corrected chi connectivity index (χ1v) is 18.2. The van der Waals surface area contributed by atoms with Crippen LogP contribution in [0.25, 0.3) is 0 Å². The quantitative estimate of drug-likeness (QED) is 0.100. The molecular formula is C36H49BrN4O8. The average molecular weight is 746 g/mol. The van der Waals surface area contributed by atoms with E-state index < -0.39 is 47.5 Å². The van der Waals surface area contributed by atoms with Crippen molar-refractivity contribution < 1.29 is 38.5 Å². The molecule has 49 heavy (non-hydrogen) atoms. The average Bonchev–Trinajstić information content (AvgIpc) is 3.71. The second kappa shape index (κ2) is 17.2. The van der Waals surface area contributed by atoms with Crippen LogP contribution >= 0.6 is 15.9 Å². The number of fused-ring (bicyclic) bond motifs is 1. The molecule has 3 amide bonds. The third-order valence-electron chi connectivity index (χ3n) is 10.1. The van der Waals surface area contributed by atoms with Gasteiger partial charge in [-0.15, -0.1) is 13.2 Å². The lowest BCUT2D eigenvalue weighted by atomic mass is 9.70. The maximum Gasteiger partial charge on any atom is 0.306 e. The number of nitrogens with zero attached hydrogens (tertiary/aromatic N) is 3. The Hall–Kier alpha value is -3.10. The topological polar surface area (TPSA) is 138 Å². The van der Waals surface area contributed by atoms with Gasteiger partial charge in [0.2, 0.25) is 17.7 Å². The standard InChI is InChI=1S/C36H49BrN4O8/c1-3-5-13-28(43)48-24-27(25-11-7-6-8-12-25)38-33(44)29-30-34(45)41(15-9-10-20-42)32(36(30)23-26(37)31(29)49-36)35(46)40(14-4-2)17-16-39-18-21-47-22-19-39/h3-4,6-8,11-12,26-27,29-32,42H,1-2,5,9-10,13-24H2,(H,38,44)/t26?,27-,29-,30+,31-,32-,36+/m0/s1. The van der Waals surface area contributed by atoms with Crippen LogP contribution in [0.15, 0.2) is 55.6 Å². The van der Waals surface area contributed by atoms with Crippen molar-refractivity contribution in [2.45, 2.75) is 60.7 Å². The van der Waals surface area contributed by atoms with Crippen LogP contribution in [0.4, 0.5) is 0 Å². The second-order valence-electron chi connectivity index (χ2n) is 13.1. The number of hydrogen-bond donors (Lipinski definition) is 2. The number of unbranched alkanes of at least 4 members (excludes halogenated alkanes) is 1. The summed E-state index contributed by atoms with van der Waals surface area (Å²) in [5.41, 5.74) is -0.468. The molecule has 4 aliphatic rings. The summed E-state index contributed by atoms with van der Waals surface area (Å²) >= 11 is 3.75. The molecular weight excluding hydrogens is 696 g/mol. The lowest BCUT2D eigenvalue weighted by molar-refractivity contribution is -0.148. The maximum atomic E-state index is 14.6. The minimum absolute atomic E-state index is 0.0382. The fourth-order valence-electron chi connectivity index (χ4n) is 7.69. The van der Waals surface area contributed by atoms with Crippen LogP contribution in [-0.4, -0.2) is 132 Å². The highest BCUT2D eigenvalue weighted by molar-refractivity contribution is 9.09. The number of allylic oxidation sites excluding steroid dienone is 1. The number of carbonyl (C=O) groups excluding carboxylic acids is 4. The summed E-state index contributed by atoms with van der Waals surface area (Å²) in [7, 11) is 0. The van der Waals surface area contributed by atoms with E-state index in [2.05, 4.69) is 39.3 Å². The summed E-state index contributed by atoms with van der Waals surface area (Å²) in [5.74, 6) is -3.09.